The van der Waals surface area contributed by atoms with Crippen LogP contribution in [0, 0.1) is 5.41 Å². The first kappa shape index (κ1) is 10.9. The third-order valence-corrected chi connectivity index (χ3v) is 4.00. The fourth-order valence-electron chi connectivity index (χ4n) is 2.68. The van der Waals surface area contributed by atoms with Gasteiger partial charge < -0.3 is 14.7 Å². The van der Waals surface area contributed by atoms with E-state index in [1.54, 1.807) is 7.11 Å². The first-order valence-corrected chi connectivity index (χ1v) is 5.63. The smallest absolute Gasteiger partial charge is 0.248 e. The van der Waals surface area contributed by atoms with Gasteiger partial charge in [0.05, 0.1) is 6.10 Å². The Morgan fingerprint density at radius 3 is 2.53 bits per heavy atom. The van der Waals surface area contributed by atoms with E-state index in [1.807, 2.05) is 4.90 Å². The largest absolute Gasteiger partial charge is 0.393 e. The molecule has 1 atom stereocenters. The van der Waals surface area contributed by atoms with Gasteiger partial charge in [-0.1, -0.05) is 0 Å². The zero-order valence-corrected chi connectivity index (χ0v) is 9.24. The van der Waals surface area contributed by atoms with E-state index in [9.17, 15) is 9.90 Å². The maximum absolute atomic E-state index is 11.5. The summed E-state index contributed by atoms with van der Waals surface area (Å²) in [5.74, 6) is 0.0705. The monoisotopic (exact) mass is 213 g/mol. The number of hydrogen-bond acceptors (Lipinski definition) is 3. The molecule has 4 nitrogen and oxygen atoms in total. The standard InChI is InChI=1S/C11H19NO3/c1-15-8-10(14)12-6-4-11(5-7-12)3-2-9(11)13/h9,13H,2-8H2,1H3. The topological polar surface area (TPSA) is 49.8 Å². The van der Waals surface area contributed by atoms with Crippen LogP contribution in [0.3, 0.4) is 0 Å². The minimum atomic E-state index is -0.128. The van der Waals surface area contributed by atoms with Gasteiger partial charge in [0.25, 0.3) is 0 Å². The lowest BCUT2D eigenvalue weighted by molar-refractivity contribution is -0.144. The van der Waals surface area contributed by atoms with Gasteiger partial charge in [0.1, 0.15) is 6.61 Å². The Morgan fingerprint density at radius 1 is 1.47 bits per heavy atom. The van der Waals surface area contributed by atoms with Crippen molar-refractivity contribution in [1.82, 2.24) is 4.90 Å². The van der Waals surface area contributed by atoms with Crippen molar-refractivity contribution < 1.29 is 14.6 Å². The Bertz CT molecular complexity index is 246. The summed E-state index contributed by atoms with van der Waals surface area (Å²) in [6.45, 7) is 1.73. The number of rotatable bonds is 2. The van der Waals surface area contributed by atoms with Gasteiger partial charge in [-0.2, -0.15) is 0 Å². The molecule has 1 spiro atoms. The van der Waals surface area contributed by atoms with Crippen molar-refractivity contribution in [3.63, 3.8) is 0 Å². The van der Waals surface area contributed by atoms with Crippen LogP contribution in [0.2, 0.25) is 0 Å². The predicted molar refractivity (Wildman–Crippen MR) is 55.4 cm³/mol. The maximum Gasteiger partial charge on any atom is 0.248 e. The van der Waals surface area contributed by atoms with E-state index in [1.165, 1.54) is 0 Å². The normalized spacial score (nSPS) is 28.9. The lowest BCUT2D eigenvalue weighted by Crippen LogP contribution is -2.53. The van der Waals surface area contributed by atoms with Crippen molar-refractivity contribution in [3.05, 3.63) is 0 Å². The molecule has 1 N–H and O–H groups in total. The molecule has 2 rings (SSSR count). The van der Waals surface area contributed by atoms with E-state index in [0.717, 1.165) is 38.8 Å². The highest BCUT2D eigenvalue weighted by atomic mass is 16.5. The van der Waals surface area contributed by atoms with Crippen LogP contribution in [-0.2, 0) is 9.53 Å². The Labute approximate surface area is 90.2 Å². The third kappa shape index (κ3) is 1.88. The van der Waals surface area contributed by atoms with Crippen LogP contribution in [0.15, 0.2) is 0 Å². The van der Waals surface area contributed by atoms with E-state index < -0.39 is 0 Å². The van der Waals surface area contributed by atoms with Gasteiger partial charge >= 0.3 is 0 Å². The molecule has 0 aromatic carbocycles. The van der Waals surface area contributed by atoms with Crippen molar-refractivity contribution in [3.8, 4) is 0 Å². The van der Waals surface area contributed by atoms with Crippen molar-refractivity contribution in [1.29, 1.82) is 0 Å². The van der Waals surface area contributed by atoms with Gasteiger partial charge in [-0.15, -0.1) is 0 Å². The molecule has 2 aliphatic rings. The lowest BCUT2D eigenvalue weighted by atomic mass is 9.61. The summed E-state index contributed by atoms with van der Waals surface area (Å²) < 4.78 is 4.83. The highest BCUT2D eigenvalue weighted by Gasteiger charge is 2.47. The Balaban J connectivity index is 1.84. The van der Waals surface area contributed by atoms with Crippen LogP contribution in [0.4, 0.5) is 0 Å². The number of carbonyl (C=O) groups is 1. The second-order valence-corrected chi connectivity index (χ2v) is 4.73. The molecule has 86 valence electrons. The predicted octanol–water partition coefficient (Wildman–Crippen LogP) is 0.396. The average Bonchev–Trinajstić information content (AvgIpc) is 2.27. The summed E-state index contributed by atoms with van der Waals surface area (Å²) in [4.78, 5) is 13.4. The lowest BCUT2D eigenvalue weighted by Gasteiger charge is -2.51. The Hall–Kier alpha value is -0.610. The number of piperidine rings is 1. The number of aliphatic hydroxyl groups excluding tert-OH is 1. The molecule has 1 amide bonds. The quantitative estimate of drug-likeness (QED) is 0.722. The average molecular weight is 213 g/mol. The molecule has 4 heteroatoms. The van der Waals surface area contributed by atoms with Crippen LogP contribution >= 0.6 is 0 Å². The molecule has 1 unspecified atom stereocenters. The minimum Gasteiger partial charge on any atom is -0.393 e. The maximum atomic E-state index is 11.5. The number of amides is 1. The highest BCUT2D eigenvalue weighted by Crippen LogP contribution is 2.48. The summed E-state index contributed by atoms with van der Waals surface area (Å²) in [5, 5.41) is 9.72. The van der Waals surface area contributed by atoms with E-state index in [-0.39, 0.29) is 24.0 Å². The number of hydrogen-bond donors (Lipinski definition) is 1. The van der Waals surface area contributed by atoms with Gasteiger partial charge in [0.2, 0.25) is 5.91 Å². The van der Waals surface area contributed by atoms with Gasteiger partial charge in [-0.3, -0.25) is 4.79 Å². The molecule has 0 aromatic heterocycles. The summed E-state index contributed by atoms with van der Waals surface area (Å²) in [5.41, 5.74) is 0.143. The zero-order valence-electron chi connectivity index (χ0n) is 9.24. The van der Waals surface area contributed by atoms with Crippen molar-refractivity contribution >= 4 is 5.91 Å². The van der Waals surface area contributed by atoms with Gasteiger partial charge in [-0.25, -0.2) is 0 Å². The Morgan fingerprint density at radius 2 is 2.13 bits per heavy atom. The summed E-state index contributed by atoms with van der Waals surface area (Å²) in [7, 11) is 1.54. The molecule has 1 saturated heterocycles. The summed E-state index contributed by atoms with van der Waals surface area (Å²) in [6, 6.07) is 0. The molecule has 2 fully saturated rings. The molecule has 1 heterocycles. The van der Waals surface area contributed by atoms with E-state index in [2.05, 4.69) is 0 Å². The van der Waals surface area contributed by atoms with Crippen LogP contribution in [0.25, 0.3) is 0 Å². The number of nitrogens with zero attached hydrogens (tertiary/aromatic N) is 1. The molecule has 0 radical (unpaired) electrons. The zero-order chi connectivity index (χ0) is 10.9. The molecule has 0 bridgehead atoms. The number of ether oxygens (including phenoxy) is 1. The third-order valence-electron chi connectivity index (χ3n) is 4.00. The molecule has 1 saturated carbocycles. The second kappa shape index (κ2) is 4.10. The van der Waals surface area contributed by atoms with Crippen LogP contribution < -0.4 is 0 Å². The van der Waals surface area contributed by atoms with Gasteiger partial charge in [-0.05, 0) is 31.1 Å². The fourth-order valence-corrected chi connectivity index (χ4v) is 2.68. The van der Waals surface area contributed by atoms with Crippen molar-refractivity contribution in [2.45, 2.75) is 31.8 Å². The summed E-state index contributed by atoms with van der Waals surface area (Å²) >= 11 is 0. The number of carbonyl (C=O) groups excluding carboxylic acids is 1. The molecule has 1 aliphatic heterocycles. The van der Waals surface area contributed by atoms with Crippen molar-refractivity contribution in [2.75, 3.05) is 26.8 Å². The highest BCUT2D eigenvalue weighted by molar-refractivity contribution is 5.77. The molecular formula is C11H19NO3. The van der Waals surface area contributed by atoms with E-state index in [4.69, 9.17) is 4.74 Å². The fraction of sp³-hybridized carbons (Fsp3) is 0.909. The minimum absolute atomic E-state index is 0.0705. The molecule has 1 aliphatic carbocycles. The van der Waals surface area contributed by atoms with Crippen LogP contribution in [-0.4, -0.2) is 48.8 Å². The van der Waals surface area contributed by atoms with Gasteiger partial charge in [0, 0.05) is 20.2 Å². The molecule has 0 aromatic rings. The van der Waals surface area contributed by atoms with Crippen LogP contribution in [0.1, 0.15) is 25.7 Å². The van der Waals surface area contributed by atoms with E-state index in [0.29, 0.717) is 0 Å². The first-order valence-electron chi connectivity index (χ1n) is 5.63. The number of methoxy groups -OCH3 is 1. The molecule has 15 heavy (non-hydrogen) atoms. The van der Waals surface area contributed by atoms with Crippen molar-refractivity contribution in [2.24, 2.45) is 5.41 Å². The number of aliphatic hydroxyl groups is 1. The van der Waals surface area contributed by atoms with Gasteiger partial charge in [0.15, 0.2) is 0 Å². The summed E-state index contributed by atoms with van der Waals surface area (Å²) in [6.07, 6.45) is 3.83. The first-order chi connectivity index (χ1) is 7.18. The number of likely N-dealkylation sites (tertiary alicyclic amines) is 1. The molecular weight excluding hydrogens is 194 g/mol. The van der Waals surface area contributed by atoms with E-state index >= 15 is 0 Å². The van der Waals surface area contributed by atoms with Crippen LogP contribution in [0.5, 0.6) is 0 Å². The SMILES string of the molecule is COCC(=O)N1CCC2(CCC2O)CC1. The Kier molecular flexibility index (Phi) is 2.98. The second-order valence-electron chi connectivity index (χ2n) is 4.73.